The largest absolute Gasteiger partial charge is 0.375 e. The number of nitriles is 1. The fourth-order valence-corrected chi connectivity index (χ4v) is 2.58. The molecular weight excluding hydrogens is 318 g/mol. The number of likely N-dealkylation sites (tertiary alicyclic amines) is 1. The van der Waals surface area contributed by atoms with Crippen molar-refractivity contribution in [1.29, 1.82) is 5.26 Å². The van der Waals surface area contributed by atoms with E-state index in [0.29, 0.717) is 10.6 Å². The molecule has 0 aliphatic carbocycles. The Morgan fingerprint density at radius 1 is 1.38 bits per heavy atom. The van der Waals surface area contributed by atoms with E-state index in [0.717, 1.165) is 0 Å². The van der Waals surface area contributed by atoms with E-state index >= 15 is 0 Å². The number of amides is 1. The van der Waals surface area contributed by atoms with Crippen molar-refractivity contribution in [2.75, 3.05) is 13.1 Å². The van der Waals surface area contributed by atoms with Crippen LogP contribution in [0, 0.1) is 11.3 Å². The fraction of sp³-hybridized carbons (Fsp3) is 0.429. The average Bonchev–Trinajstić information content (AvgIpc) is 2.49. The molecule has 1 aliphatic heterocycles. The molecule has 0 saturated carbocycles. The molecule has 1 atom stereocenters. The molecule has 1 unspecified atom stereocenters. The number of piperidine rings is 1. The minimum absolute atomic E-state index is 0.0746. The summed E-state index contributed by atoms with van der Waals surface area (Å²) in [4.78, 5) is 13.8. The van der Waals surface area contributed by atoms with Crippen LogP contribution in [0.25, 0.3) is 0 Å². The zero-order valence-electron chi connectivity index (χ0n) is 11.0. The monoisotopic (exact) mass is 330 g/mol. The maximum absolute atomic E-state index is 14.3. The van der Waals surface area contributed by atoms with Crippen molar-refractivity contribution in [1.82, 2.24) is 4.90 Å². The first kappa shape index (κ1) is 16.0. The molecule has 1 aliphatic rings. The highest BCUT2D eigenvalue weighted by Gasteiger charge is 2.42. The summed E-state index contributed by atoms with van der Waals surface area (Å²) < 4.78 is 14.3. The second-order valence-electron chi connectivity index (χ2n) is 4.99. The van der Waals surface area contributed by atoms with Gasteiger partial charge in [-0.05, 0) is 18.2 Å². The summed E-state index contributed by atoms with van der Waals surface area (Å²) in [6.45, 7) is 0.267. The average molecular weight is 331 g/mol. The number of benzene rings is 1. The van der Waals surface area contributed by atoms with Gasteiger partial charge < -0.3 is 10.0 Å². The van der Waals surface area contributed by atoms with E-state index in [9.17, 15) is 14.3 Å². The van der Waals surface area contributed by atoms with Crippen LogP contribution in [0.3, 0.4) is 0 Å². The number of aliphatic hydroxyl groups excluding tert-OH is 1. The number of halogens is 3. The Hall–Kier alpha value is -1.35. The van der Waals surface area contributed by atoms with Crippen LogP contribution in [0.1, 0.15) is 23.2 Å². The molecule has 7 heteroatoms. The second-order valence-corrected chi connectivity index (χ2v) is 5.80. The van der Waals surface area contributed by atoms with Gasteiger partial charge in [0.15, 0.2) is 11.8 Å². The minimum atomic E-state index is -1.96. The summed E-state index contributed by atoms with van der Waals surface area (Å²) in [5.74, 6) is -0.276. The highest BCUT2D eigenvalue weighted by atomic mass is 35.5. The van der Waals surface area contributed by atoms with Gasteiger partial charge in [-0.25, -0.2) is 4.39 Å². The first-order chi connectivity index (χ1) is 9.87. The third-order valence-corrected chi connectivity index (χ3v) is 4.40. The standard InChI is InChI=1S/C14H13Cl2FN2O2/c15-10-2-1-9(7-11(10)16)13(21)19-5-3-14(17,4-6-19)12(20)8-18/h1-2,7,12,20H,3-6H2. The zero-order valence-corrected chi connectivity index (χ0v) is 12.5. The maximum atomic E-state index is 14.3. The van der Waals surface area contributed by atoms with Crippen molar-refractivity contribution in [3.8, 4) is 6.07 Å². The minimum Gasteiger partial charge on any atom is -0.375 e. The van der Waals surface area contributed by atoms with Crippen LogP contribution in [0.15, 0.2) is 18.2 Å². The van der Waals surface area contributed by atoms with Crippen LogP contribution in [-0.4, -0.2) is 40.8 Å². The van der Waals surface area contributed by atoms with E-state index in [1.165, 1.54) is 23.1 Å². The van der Waals surface area contributed by atoms with Crippen molar-refractivity contribution in [3.05, 3.63) is 33.8 Å². The molecule has 1 aromatic rings. The smallest absolute Gasteiger partial charge is 0.253 e. The van der Waals surface area contributed by atoms with E-state index < -0.39 is 11.8 Å². The van der Waals surface area contributed by atoms with Gasteiger partial charge in [-0.2, -0.15) is 5.26 Å². The summed E-state index contributed by atoms with van der Waals surface area (Å²) in [6.07, 6.45) is -1.82. The van der Waals surface area contributed by atoms with Crippen molar-refractivity contribution >= 4 is 29.1 Å². The van der Waals surface area contributed by atoms with Crippen LogP contribution >= 0.6 is 23.2 Å². The SMILES string of the molecule is N#CC(O)C1(F)CCN(C(=O)c2ccc(Cl)c(Cl)c2)CC1. The molecular formula is C14H13Cl2FN2O2. The van der Waals surface area contributed by atoms with Crippen LogP contribution < -0.4 is 0 Å². The third-order valence-electron chi connectivity index (χ3n) is 3.66. The number of alkyl halides is 1. The summed E-state index contributed by atoms with van der Waals surface area (Å²) in [7, 11) is 0. The Balaban J connectivity index is 2.07. The van der Waals surface area contributed by atoms with Gasteiger partial charge in [-0.1, -0.05) is 23.2 Å². The molecule has 1 saturated heterocycles. The summed E-state index contributed by atoms with van der Waals surface area (Å²) in [5.41, 5.74) is -1.58. The van der Waals surface area contributed by atoms with Crippen molar-refractivity contribution in [2.45, 2.75) is 24.6 Å². The van der Waals surface area contributed by atoms with E-state index in [4.69, 9.17) is 28.5 Å². The van der Waals surface area contributed by atoms with Gasteiger partial charge in [0.1, 0.15) is 0 Å². The molecule has 0 radical (unpaired) electrons. The van der Waals surface area contributed by atoms with Crippen LogP contribution in [-0.2, 0) is 0 Å². The maximum Gasteiger partial charge on any atom is 0.253 e. The third kappa shape index (κ3) is 3.29. The Labute approximate surface area is 131 Å². The molecule has 1 N–H and O–H groups in total. The Morgan fingerprint density at radius 3 is 2.52 bits per heavy atom. The highest BCUT2D eigenvalue weighted by Crippen LogP contribution is 2.31. The highest BCUT2D eigenvalue weighted by molar-refractivity contribution is 6.42. The first-order valence-corrected chi connectivity index (χ1v) is 7.14. The van der Waals surface area contributed by atoms with Gasteiger partial charge >= 0.3 is 0 Å². The molecule has 0 aromatic heterocycles. The molecule has 0 spiro atoms. The van der Waals surface area contributed by atoms with Crippen LogP contribution in [0.2, 0.25) is 10.0 Å². The second kappa shape index (κ2) is 6.18. The summed E-state index contributed by atoms with van der Waals surface area (Å²) in [6, 6.07) is 6.06. The quantitative estimate of drug-likeness (QED) is 0.848. The van der Waals surface area contributed by atoms with Gasteiger partial charge in [-0.15, -0.1) is 0 Å². The lowest BCUT2D eigenvalue weighted by molar-refractivity contribution is -0.0201. The summed E-state index contributed by atoms with van der Waals surface area (Å²) >= 11 is 11.7. The molecule has 0 bridgehead atoms. The zero-order chi connectivity index (χ0) is 15.6. The van der Waals surface area contributed by atoms with Gasteiger partial charge in [0.05, 0.1) is 16.1 Å². The fourth-order valence-electron chi connectivity index (χ4n) is 2.28. The number of carbonyl (C=O) groups excluding carboxylic acids is 1. The number of aliphatic hydroxyl groups is 1. The van der Waals surface area contributed by atoms with Crippen LogP contribution in [0.5, 0.6) is 0 Å². The predicted octanol–water partition coefficient (Wildman–Crippen LogP) is 2.82. The number of nitrogens with zero attached hydrogens (tertiary/aromatic N) is 2. The Bertz CT molecular complexity index is 595. The molecule has 21 heavy (non-hydrogen) atoms. The molecule has 1 heterocycles. The number of rotatable bonds is 2. The molecule has 1 aromatic carbocycles. The lowest BCUT2D eigenvalue weighted by Gasteiger charge is -2.37. The van der Waals surface area contributed by atoms with E-state index in [2.05, 4.69) is 0 Å². The van der Waals surface area contributed by atoms with Gasteiger partial charge in [-0.3, -0.25) is 4.79 Å². The lowest BCUT2D eigenvalue weighted by atomic mass is 9.88. The Kier molecular flexibility index (Phi) is 4.72. The lowest BCUT2D eigenvalue weighted by Crippen LogP contribution is -2.49. The Morgan fingerprint density at radius 2 is 2.00 bits per heavy atom. The van der Waals surface area contributed by atoms with E-state index in [1.54, 1.807) is 6.07 Å². The first-order valence-electron chi connectivity index (χ1n) is 6.38. The van der Waals surface area contributed by atoms with Crippen molar-refractivity contribution < 1.29 is 14.3 Å². The number of carbonyl (C=O) groups is 1. The van der Waals surface area contributed by atoms with E-state index in [1.807, 2.05) is 0 Å². The molecule has 1 fully saturated rings. The molecule has 4 nitrogen and oxygen atoms in total. The molecule has 2 rings (SSSR count). The number of hydrogen-bond acceptors (Lipinski definition) is 3. The van der Waals surface area contributed by atoms with Crippen molar-refractivity contribution in [2.24, 2.45) is 0 Å². The topological polar surface area (TPSA) is 64.3 Å². The van der Waals surface area contributed by atoms with Gasteiger partial charge in [0.25, 0.3) is 5.91 Å². The summed E-state index contributed by atoms with van der Waals surface area (Å²) in [5, 5.41) is 18.6. The predicted molar refractivity (Wildman–Crippen MR) is 77.1 cm³/mol. The number of hydrogen-bond donors (Lipinski definition) is 1. The van der Waals surface area contributed by atoms with E-state index in [-0.39, 0.29) is 36.9 Å². The molecule has 1 amide bonds. The van der Waals surface area contributed by atoms with Gasteiger partial charge in [0.2, 0.25) is 0 Å². The van der Waals surface area contributed by atoms with Crippen LogP contribution in [0.4, 0.5) is 4.39 Å². The molecule has 112 valence electrons. The normalized spacial score (nSPS) is 18.9. The van der Waals surface area contributed by atoms with Gasteiger partial charge in [0, 0.05) is 31.5 Å². The van der Waals surface area contributed by atoms with Crippen molar-refractivity contribution in [3.63, 3.8) is 0 Å².